The average Bonchev–Trinajstić information content (AvgIpc) is 2.33. The summed E-state index contributed by atoms with van der Waals surface area (Å²) in [5.74, 6) is 0. The van der Waals surface area contributed by atoms with Crippen molar-refractivity contribution in [2.45, 2.75) is 90.6 Å². The van der Waals surface area contributed by atoms with Crippen LogP contribution in [-0.4, -0.2) is 12.7 Å². The zero-order valence-electron chi connectivity index (χ0n) is 12.1. The molecule has 0 radical (unpaired) electrons. The third kappa shape index (κ3) is 13.9. The van der Waals surface area contributed by atoms with Crippen LogP contribution in [0.15, 0.2) is 0 Å². The van der Waals surface area contributed by atoms with Gasteiger partial charge >= 0.3 is 0 Å². The highest BCUT2D eigenvalue weighted by molar-refractivity contribution is 4.59. The van der Waals surface area contributed by atoms with Gasteiger partial charge in [0.2, 0.25) is 0 Å². The molecular weight excluding hydrogens is 208 g/mol. The second-order valence-corrected chi connectivity index (χ2v) is 5.18. The highest BCUT2D eigenvalue weighted by Crippen LogP contribution is 2.09. The van der Waals surface area contributed by atoms with Crippen LogP contribution in [-0.2, 0) is 0 Å². The molecule has 0 bridgehead atoms. The molecule has 0 aromatic rings. The number of nitrogens with two attached hydrogens (primary N) is 1. The van der Waals surface area contributed by atoms with Gasteiger partial charge in [0.15, 0.2) is 0 Å². The van der Waals surface area contributed by atoms with Gasteiger partial charge in [0.05, 0.1) is 6.17 Å². The Hall–Kier alpha value is -0.0800. The van der Waals surface area contributed by atoms with Gasteiger partial charge in [-0.15, -0.1) is 0 Å². The first kappa shape index (κ1) is 16.9. The molecule has 2 heteroatoms. The summed E-state index contributed by atoms with van der Waals surface area (Å²) in [5.41, 5.74) is 5.98. The van der Waals surface area contributed by atoms with Gasteiger partial charge in [-0.3, -0.25) is 0 Å². The normalized spacial score (nSPS) is 12.9. The maximum Gasteiger partial charge on any atom is 0.0546 e. The van der Waals surface area contributed by atoms with Crippen LogP contribution in [0.2, 0.25) is 0 Å². The second-order valence-electron chi connectivity index (χ2n) is 5.18. The van der Waals surface area contributed by atoms with E-state index in [9.17, 15) is 0 Å². The standard InChI is InChI=1S/C15H34N2/c1-3-5-7-8-9-10-11-12-13-15(16)17-14-6-4-2/h15,17H,3-14,16H2,1-2H3. The number of nitrogens with one attached hydrogen (secondary N) is 1. The fourth-order valence-corrected chi connectivity index (χ4v) is 2.06. The van der Waals surface area contributed by atoms with Crippen molar-refractivity contribution >= 4 is 0 Å². The second kappa shape index (κ2) is 14.0. The lowest BCUT2D eigenvalue weighted by Crippen LogP contribution is -2.37. The minimum atomic E-state index is 0.224. The zero-order chi connectivity index (χ0) is 12.8. The number of unbranched alkanes of at least 4 members (excludes halogenated alkanes) is 8. The van der Waals surface area contributed by atoms with Crippen LogP contribution in [0.5, 0.6) is 0 Å². The van der Waals surface area contributed by atoms with Gasteiger partial charge < -0.3 is 11.1 Å². The summed E-state index contributed by atoms with van der Waals surface area (Å²) >= 11 is 0. The lowest BCUT2D eigenvalue weighted by Gasteiger charge is -2.13. The van der Waals surface area contributed by atoms with Crippen molar-refractivity contribution in [1.29, 1.82) is 0 Å². The lowest BCUT2D eigenvalue weighted by molar-refractivity contribution is 0.457. The Morgan fingerprint density at radius 3 is 1.88 bits per heavy atom. The van der Waals surface area contributed by atoms with E-state index in [0.717, 1.165) is 13.0 Å². The van der Waals surface area contributed by atoms with Crippen molar-refractivity contribution in [3.63, 3.8) is 0 Å². The fourth-order valence-electron chi connectivity index (χ4n) is 2.06. The summed E-state index contributed by atoms with van der Waals surface area (Å²) in [7, 11) is 0. The van der Waals surface area contributed by atoms with Gasteiger partial charge in [0, 0.05) is 0 Å². The van der Waals surface area contributed by atoms with E-state index in [1.165, 1.54) is 64.2 Å². The SMILES string of the molecule is CCCCCCCCCCC(N)NCCCC. The van der Waals surface area contributed by atoms with E-state index in [4.69, 9.17) is 5.73 Å². The molecule has 0 spiro atoms. The van der Waals surface area contributed by atoms with E-state index in [1.807, 2.05) is 0 Å². The van der Waals surface area contributed by atoms with E-state index in [1.54, 1.807) is 0 Å². The van der Waals surface area contributed by atoms with Gasteiger partial charge in [-0.1, -0.05) is 71.6 Å². The smallest absolute Gasteiger partial charge is 0.0546 e. The van der Waals surface area contributed by atoms with E-state index in [0.29, 0.717) is 0 Å². The molecule has 0 fully saturated rings. The molecule has 0 amide bonds. The highest BCUT2D eigenvalue weighted by atomic mass is 15.0. The lowest BCUT2D eigenvalue weighted by atomic mass is 10.1. The predicted molar refractivity (Wildman–Crippen MR) is 78.1 cm³/mol. The molecular formula is C15H34N2. The molecule has 0 rings (SSSR count). The molecule has 0 aliphatic carbocycles. The Morgan fingerprint density at radius 2 is 1.29 bits per heavy atom. The molecule has 0 aromatic heterocycles. The van der Waals surface area contributed by atoms with Crippen molar-refractivity contribution in [3.05, 3.63) is 0 Å². The van der Waals surface area contributed by atoms with Crippen molar-refractivity contribution < 1.29 is 0 Å². The summed E-state index contributed by atoms with van der Waals surface area (Å²) in [6.45, 7) is 5.56. The van der Waals surface area contributed by atoms with Crippen molar-refractivity contribution in [3.8, 4) is 0 Å². The van der Waals surface area contributed by atoms with E-state index >= 15 is 0 Å². The molecule has 1 unspecified atom stereocenters. The monoisotopic (exact) mass is 242 g/mol. The minimum Gasteiger partial charge on any atom is -0.316 e. The summed E-state index contributed by atoms with van der Waals surface area (Å²) in [6.07, 6.45) is 14.9. The Bertz CT molecular complexity index is 137. The van der Waals surface area contributed by atoms with E-state index in [2.05, 4.69) is 19.2 Å². The first-order chi connectivity index (χ1) is 8.31. The summed E-state index contributed by atoms with van der Waals surface area (Å²) < 4.78 is 0. The Kier molecular flexibility index (Phi) is 13.9. The third-order valence-electron chi connectivity index (χ3n) is 3.31. The molecule has 0 aromatic carbocycles. The molecule has 0 heterocycles. The third-order valence-corrected chi connectivity index (χ3v) is 3.31. The molecule has 0 saturated heterocycles. The van der Waals surface area contributed by atoms with Gasteiger partial charge in [-0.05, 0) is 19.4 Å². The quantitative estimate of drug-likeness (QED) is 0.375. The number of hydrogen-bond acceptors (Lipinski definition) is 2. The van der Waals surface area contributed by atoms with Crippen LogP contribution in [0.3, 0.4) is 0 Å². The van der Waals surface area contributed by atoms with Crippen molar-refractivity contribution in [1.82, 2.24) is 5.32 Å². The fraction of sp³-hybridized carbons (Fsp3) is 1.00. The number of rotatable bonds is 13. The van der Waals surface area contributed by atoms with Crippen LogP contribution in [0.4, 0.5) is 0 Å². The van der Waals surface area contributed by atoms with Crippen LogP contribution >= 0.6 is 0 Å². The Labute approximate surface area is 109 Å². The van der Waals surface area contributed by atoms with Gasteiger partial charge in [-0.25, -0.2) is 0 Å². The summed E-state index contributed by atoms with van der Waals surface area (Å²) in [6, 6.07) is 0. The highest BCUT2D eigenvalue weighted by Gasteiger charge is 2.00. The van der Waals surface area contributed by atoms with Crippen LogP contribution in [0.25, 0.3) is 0 Å². The number of hydrogen-bond donors (Lipinski definition) is 2. The molecule has 0 saturated carbocycles. The van der Waals surface area contributed by atoms with Crippen LogP contribution < -0.4 is 11.1 Å². The van der Waals surface area contributed by atoms with Gasteiger partial charge in [0.25, 0.3) is 0 Å². The topological polar surface area (TPSA) is 38.0 Å². The maximum absolute atomic E-state index is 5.98. The maximum atomic E-state index is 5.98. The van der Waals surface area contributed by atoms with Crippen LogP contribution in [0, 0.1) is 0 Å². The Balaban J connectivity index is 3.05. The van der Waals surface area contributed by atoms with Crippen molar-refractivity contribution in [2.75, 3.05) is 6.54 Å². The van der Waals surface area contributed by atoms with E-state index in [-0.39, 0.29) is 6.17 Å². The molecule has 17 heavy (non-hydrogen) atoms. The zero-order valence-corrected chi connectivity index (χ0v) is 12.1. The largest absolute Gasteiger partial charge is 0.316 e. The molecule has 104 valence electrons. The Morgan fingerprint density at radius 1 is 0.765 bits per heavy atom. The van der Waals surface area contributed by atoms with Crippen LogP contribution in [0.1, 0.15) is 84.5 Å². The molecule has 0 aliphatic heterocycles. The molecule has 2 nitrogen and oxygen atoms in total. The average molecular weight is 242 g/mol. The van der Waals surface area contributed by atoms with Crippen molar-refractivity contribution in [2.24, 2.45) is 5.73 Å². The van der Waals surface area contributed by atoms with Gasteiger partial charge in [0.1, 0.15) is 0 Å². The minimum absolute atomic E-state index is 0.224. The first-order valence-electron chi connectivity index (χ1n) is 7.80. The molecule has 1 atom stereocenters. The molecule has 3 N–H and O–H groups in total. The van der Waals surface area contributed by atoms with Gasteiger partial charge in [-0.2, -0.15) is 0 Å². The summed E-state index contributed by atoms with van der Waals surface area (Å²) in [4.78, 5) is 0. The molecule has 0 aliphatic rings. The predicted octanol–water partition coefficient (Wildman–Crippen LogP) is 4.19. The first-order valence-corrected chi connectivity index (χ1v) is 7.80. The summed E-state index contributed by atoms with van der Waals surface area (Å²) in [5, 5.41) is 3.38. The van der Waals surface area contributed by atoms with E-state index < -0.39 is 0 Å².